The number of benzene rings is 2. The van der Waals surface area contributed by atoms with Gasteiger partial charge in [0.25, 0.3) is 5.91 Å². The largest absolute Gasteiger partial charge is 0.367 e. The molecule has 128 valence electrons. The molecule has 1 saturated heterocycles. The first kappa shape index (κ1) is 17.5. The van der Waals surface area contributed by atoms with E-state index in [0.717, 1.165) is 39.9 Å². The van der Waals surface area contributed by atoms with Crippen LogP contribution < -0.4 is 4.90 Å². The van der Waals surface area contributed by atoms with Crippen LogP contribution in [0.25, 0.3) is 0 Å². The Morgan fingerprint density at radius 2 is 1.76 bits per heavy atom. The molecule has 0 atom stereocenters. The molecule has 0 unspecified atom stereocenters. The lowest BCUT2D eigenvalue weighted by Crippen LogP contribution is -2.49. The molecule has 0 aliphatic carbocycles. The molecule has 1 amide bonds. The van der Waals surface area contributed by atoms with Gasteiger partial charge in [-0.1, -0.05) is 34.1 Å². The van der Waals surface area contributed by atoms with Gasteiger partial charge >= 0.3 is 0 Å². The summed E-state index contributed by atoms with van der Waals surface area (Å²) in [4.78, 5) is 17.0. The highest BCUT2D eigenvalue weighted by molar-refractivity contribution is 9.10. The Bertz CT molecular complexity index is 849. The summed E-state index contributed by atoms with van der Waals surface area (Å²) in [5.41, 5.74) is 4.52. The molecule has 5 heteroatoms. The van der Waals surface area contributed by atoms with Crippen molar-refractivity contribution in [3.8, 4) is 6.07 Å². The van der Waals surface area contributed by atoms with Crippen LogP contribution in [0.4, 0.5) is 5.69 Å². The molecule has 1 heterocycles. The summed E-state index contributed by atoms with van der Waals surface area (Å²) in [7, 11) is 0. The van der Waals surface area contributed by atoms with Crippen molar-refractivity contribution in [3.63, 3.8) is 0 Å². The molecule has 0 bridgehead atoms. The summed E-state index contributed by atoms with van der Waals surface area (Å²) >= 11 is 3.52. The first-order chi connectivity index (χ1) is 12.0. The van der Waals surface area contributed by atoms with Crippen molar-refractivity contribution in [2.24, 2.45) is 0 Å². The van der Waals surface area contributed by atoms with Gasteiger partial charge in [0.2, 0.25) is 0 Å². The molecule has 1 aliphatic rings. The number of nitrogens with zero attached hydrogens (tertiary/aromatic N) is 3. The Morgan fingerprint density at radius 3 is 2.44 bits per heavy atom. The van der Waals surface area contributed by atoms with Gasteiger partial charge in [-0.3, -0.25) is 4.79 Å². The highest BCUT2D eigenvalue weighted by Crippen LogP contribution is 2.24. The average molecular weight is 398 g/mol. The molecule has 3 rings (SSSR count). The van der Waals surface area contributed by atoms with Crippen molar-refractivity contribution >= 4 is 27.5 Å². The van der Waals surface area contributed by atoms with Gasteiger partial charge in [-0.15, -0.1) is 0 Å². The number of aryl methyl sites for hydroxylation is 2. The Morgan fingerprint density at radius 1 is 1.08 bits per heavy atom. The molecular weight excluding hydrogens is 378 g/mol. The number of para-hydroxylation sites is 1. The number of carbonyl (C=O) groups is 1. The van der Waals surface area contributed by atoms with Crippen molar-refractivity contribution < 1.29 is 4.79 Å². The molecule has 0 N–H and O–H groups in total. The zero-order valence-corrected chi connectivity index (χ0v) is 16.0. The smallest absolute Gasteiger partial charge is 0.254 e. The van der Waals surface area contributed by atoms with Crippen LogP contribution in [0.5, 0.6) is 0 Å². The fraction of sp³-hybridized carbons (Fsp3) is 0.300. The lowest BCUT2D eigenvalue weighted by Gasteiger charge is -2.36. The molecule has 0 saturated carbocycles. The minimum atomic E-state index is 0.0754. The predicted molar refractivity (Wildman–Crippen MR) is 103 cm³/mol. The van der Waals surface area contributed by atoms with Gasteiger partial charge in [0.05, 0.1) is 11.3 Å². The van der Waals surface area contributed by atoms with Crippen molar-refractivity contribution in [3.05, 3.63) is 63.1 Å². The van der Waals surface area contributed by atoms with E-state index in [2.05, 4.69) is 26.9 Å². The normalized spacial score (nSPS) is 14.3. The molecule has 2 aromatic rings. The van der Waals surface area contributed by atoms with Crippen LogP contribution in [0.3, 0.4) is 0 Å². The Balaban J connectivity index is 1.73. The predicted octanol–water partition coefficient (Wildman–Crippen LogP) is 3.90. The molecular formula is C20H20BrN3O. The minimum Gasteiger partial charge on any atom is -0.367 e. The van der Waals surface area contributed by atoms with Crippen molar-refractivity contribution in [2.45, 2.75) is 13.8 Å². The third-order valence-corrected chi connectivity index (χ3v) is 5.52. The van der Waals surface area contributed by atoms with Gasteiger partial charge in [-0.2, -0.15) is 5.26 Å². The zero-order chi connectivity index (χ0) is 18.0. The number of hydrogen-bond acceptors (Lipinski definition) is 3. The maximum atomic E-state index is 12.9. The maximum absolute atomic E-state index is 12.9. The molecule has 1 aliphatic heterocycles. The fourth-order valence-electron chi connectivity index (χ4n) is 3.22. The third-order valence-electron chi connectivity index (χ3n) is 4.67. The number of amides is 1. The number of nitriles is 1. The van der Waals surface area contributed by atoms with Gasteiger partial charge in [-0.25, -0.2) is 0 Å². The fourth-order valence-corrected chi connectivity index (χ4v) is 3.56. The molecule has 4 nitrogen and oxygen atoms in total. The van der Waals surface area contributed by atoms with Crippen LogP contribution in [0.2, 0.25) is 0 Å². The van der Waals surface area contributed by atoms with E-state index in [9.17, 15) is 10.1 Å². The zero-order valence-electron chi connectivity index (χ0n) is 14.4. The average Bonchev–Trinajstić information content (AvgIpc) is 2.64. The van der Waals surface area contributed by atoms with E-state index in [1.807, 2.05) is 55.1 Å². The van der Waals surface area contributed by atoms with Crippen LogP contribution in [0.1, 0.15) is 27.0 Å². The lowest BCUT2D eigenvalue weighted by molar-refractivity contribution is 0.0746. The van der Waals surface area contributed by atoms with Gasteiger partial charge < -0.3 is 9.80 Å². The van der Waals surface area contributed by atoms with Crippen LogP contribution in [0.15, 0.2) is 40.9 Å². The number of rotatable bonds is 2. The summed E-state index contributed by atoms with van der Waals surface area (Å²) in [6, 6.07) is 13.8. The second-order valence-corrected chi connectivity index (χ2v) is 7.18. The van der Waals surface area contributed by atoms with Crippen LogP contribution in [-0.4, -0.2) is 37.0 Å². The summed E-state index contributed by atoms with van der Waals surface area (Å²) in [6.07, 6.45) is 0. The first-order valence-electron chi connectivity index (χ1n) is 8.31. The third kappa shape index (κ3) is 3.54. The summed E-state index contributed by atoms with van der Waals surface area (Å²) in [5.74, 6) is 0.0754. The number of carbonyl (C=O) groups excluding carboxylic acids is 1. The number of piperazine rings is 1. The highest BCUT2D eigenvalue weighted by Gasteiger charge is 2.24. The Labute approximate surface area is 156 Å². The second kappa shape index (κ2) is 7.28. The SMILES string of the molecule is Cc1cc(C)c(C(=O)N2CCN(c3ccccc3C#N)CC2)cc1Br. The van der Waals surface area contributed by atoms with E-state index in [1.165, 1.54) is 0 Å². The van der Waals surface area contributed by atoms with E-state index in [-0.39, 0.29) is 5.91 Å². The van der Waals surface area contributed by atoms with Crippen molar-refractivity contribution in [2.75, 3.05) is 31.1 Å². The highest BCUT2D eigenvalue weighted by atomic mass is 79.9. The quantitative estimate of drug-likeness (QED) is 0.771. The summed E-state index contributed by atoms with van der Waals surface area (Å²) < 4.78 is 0.961. The van der Waals surface area contributed by atoms with E-state index >= 15 is 0 Å². The second-order valence-electron chi connectivity index (χ2n) is 6.32. The van der Waals surface area contributed by atoms with Gasteiger partial charge in [0.1, 0.15) is 6.07 Å². The molecule has 0 radical (unpaired) electrons. The summed E-state index contributed by atoms with van der Waals surface area (Å²) in [6.45, 7) is 6.78. The first-order valence-corrected chi connectivity index (χ1v) is 9.10. The molecule has 25 heavy (non-hydrogen) atoms. The minimum absolute atomic E-state index is 0.0754. The van der Waals surface area contributed by atoms with E-state index in [0.29, 0.717) is 18.7 Å². The van der Waals surface area contributed by atoms with E-state index in [4.69, 9.17) is 0 Å². The van der Waals surface area contributed by atoms with Gasteiger partial charge in [0.15, 0.2) is 0 Å². The van der Waals surface area contributed by atoms with Gasteiger partial charge in [0, 0.05) is 36.2 Å². The molecule has 2 aromatic carbocycles. The van der Waals surface area contributed by atoms with Crippen LogP contribution in [0, 0.1) is 25.2 Å². The topological polar surface area (TPSA) is 47.3 Å². The maximum Gasteiger partial charge on any atom is 0.254 e. The standard InChI is InChI=1S/C20H20BrN3O/c1-14-11-15(2)18(21)12-17(14)20(25)24-9-7-23(8-10-24)19-6-4-3-5-16(19)13-22/h3-6,11-12H,7-10H2,1-2H3. The van der Waals surface area contributed by atoms with Gasteiger partial charge in [-0.05, 0) is 43.2 Å². The summed E-state index contributed by atoms with van der Waals surface area (Å²) in [5, 5.41) is 9.27. The molecule has 0 aromatic heterocycles. The molecule has 0 spiro atoms. The Kier molecular flexibility index (Phi) is 5.10. The number of hydrogen-bond donors (Lipinski definition) is 0. The van der Waals surface area contributed by atoms with Crippen LogP contribution >= 0.6 is 15.9 Å². The number of anilines is 1. The Hall–Kier alpha value is -2.32. The van der Waals surface area contributed by atoms with Crippen LogP contribution in [-0.2, 0) is 0 Å². The number of halogens is 1. The van der Waals surface area contributed by atoms with Crippen molar-refractivity contribution in [1.82, 2.24) is 4.90 Å². The van der Waals surface area contributed by atoms with Crippen molar-refractivity contribution in [1.29, 1.82) is 5.26 Å². The molecule has 1 fully saturated rings. The lowest BCUT2D eigenvalue weighted by atomic mass is 10.0. The monoisotopic (exact) mass is 397 g/mol. The van der Waals surface area contributed by atoms with E-state index in [1.54, 1.807) is 0 Å². The van der Waals surface area contributed by atoms with E-state index < -0.39 is 0 Å².